The number of hydrogen-bond donors (Lipinski definition) is 2. The van der Waals surface area contributed by atoms with Crippen molar-refractivity contribution in [3.05, 3.63) is 33.3 Å². The normalized spacial score (nSPS) is 11.9. The molecule has 0 aliphatic rings. The Bertz CT molecular complexity index is 466. The lowest BCUT2D eigenvalue weighted by atomic mass is 10.2. The van der Waals surface area contributed by atoms with Crippen molar-refractivity contribution in [2.75, 3.05) is 6.54 Å². The van der Waals surface area contributed by atoms with E-state index in [1.807, 2.05) is 0 Å². The van der Waals surface area contributed by atoms with Gasteiger partial charge in [-0.2, -0.15) is 0 Å². The molecule has 18 heavy (non-hydrogen) atoms. The van der Waals surface area contributed by atoms with Gasteiger partial charge in [0, 0.05) is 18.6 Å². The number of nitro groups is 1. The summed E-state index contributed by atoms with van der Waals surface area (Å²) in [6.45, 7) is 0.140. The molecule has 1 aromatic carbocycles. The number of aliphatic carboxylic acids is 1. The fraction of sp³-hybridized carbons (Fsp3) is 0.300. The molecule has 8 heteroatoms. The number of non-ortho nitro benzene ring substituents is 1. The number of benzene rings is 1. The maximum Gasteiger partial charge on any atom is 0.344 e. The summed E-state index contributed by atoms with van der Waals surface area (Å²) in [4.78, 5) is 20.7. The van der Waals surface area contributed by atoms with Gasteiger partial charge in [-0.05, 0) is 12.6 Å². The van der Waals surface area contributed by atoms with E-state index in [1.165, 1.54) is 12.1 Å². The summed E-state index contributed by atoms with van der Waals surface area (Å²) in [7, 11) is 0. The molecular weight excluding hydrogens is 264 g/mol. The van der Waals surface area contributed by atoms with Crippen LogP contribution in [0, 0.1) is 10.1 Å². The highest BCUT2D eigenvalue weighted by Gasteiger charge is 2.20. The molecule has 1 aromatic rings. The molecule has 3 N–H and O–H groups in total. The Morgan fingerprint density at radius 2 is 2.28 bits per heavy atom. The number of carboxylic acids is 1. The molecule has 1 unspecified atom stereocenters. The van der Waals surface area contributed by atoms with Gasteiger partial charge in [0.15, 0.2) is 6.10 Å². The topological polar surface area (TPSA) is 116 Å². The van der Waals surface area contributed by atoms with Gasteiger partial charge in [-0.25, -0.2) is 4.79 Å². The second-order valence-corrected chi connectivity index (χ2v) is 3.80. The largest absolute Gasteiger partial charge is 0.479 e. The van der Waals surface area contributed by atoms with Crippen LogP contribution in [0.15, 0.2) is 18.2 Å². The van der Waals surface area contributed by atoms with Gasteiger partial charge < -0.3 is 15.6 Å². The van der Waals surface area contributed by atoms with E-state index in [2.05, 4.69) is 0 Å². The molecule has 0 bridgehead atoms. The number of nitrogens with zero attached hydrogens (tertiary/aromatic N) is 1. The van der Waals surface area contributed by atoms with Crippen LogP contribution in [0.3, 0.4) is 0 Å². The van der Waals surface area contributed by atoms with Gasteiger partial charge in [-0.15, -0.1) is 0 Å². The zero-order valence-corrected chi connectivity index (χ0v) is 9.96. The van der Waals surface area contributed by atoms with E-state index < -0.39 is 17.0 Å². The molecule has 0 heterocycles. The highest BCUT2D eigenvalue weighted by atomic mass is 35.5. The number of hydrogen-bond acceptors (Lipinski definition) is 5. The second kappa shape index (κ2) is 6.18. The predicted octanol–water partition coefficient (Wildman–Crippen LogP) is 1.43. The van der Waals surface area contributed by atoms with Crippen LogP contribution in [0.25, 0.3) is 0 Å². The van der Waals surface area contributed by atoms with E-state index >= 15 is 0 Å². The summed E-state index contributed by atoms with van der Waals surface area (Å²) in [6, 6.07) is 3.54. The standard InChI is InChI=1S/C10H11ClN2O5/c11-7-5-6(13(16)17)1-2-8(7)18-9(3-4-12)10(14)15/h1-2,5,9H,3-4,12H2,(H,14,15). The lowest BCUT2D eigenvalue weighted by Crippen LogP contribution is -2.29. The Morgan fingerprint density at radius 1 is 1.61 bits per heavy atom. The van der Waals surface area contributed by atoms with Gasteiger partial charge in [0.1, 0.15) is 5.75 Å². The summed E-state index contributed by atoms with van der Waals surface area (Å²) >= 11 is 5.77. The Morgan fingerprint density at radius 3 is 2.72 bits per heavy atom. The SMILES string of the molecule is NCCC(Oc1ccc([N+](=O)[O-])cc1Cl)C(=O)O. The smallest absolute Gasteiger partial charge is 0.344 e. The summed E-state index contributed by atoms with van der Waals surface area (Å²) in [5.41, 5.74) is 5.06. The van der Waals surface area contributed by atoms with Gasteiger partial charge in [-0.3, -0.25) is 10.1 Å². The highest BCUT2D eigenvalue weighted by molar-refractivity contribution is 6.32. The van der Waals surface area contributed by atoms with Crippen LogP contribution in [0.2, 0.25) is 5.02 Å². The van der Waals surface area contributed by atoms with Gasteiger partial charge >= 0.3 is 5.97 Å². The Balaban J connectivity index is 2.90. The minimum Gasteiger partial charge on any atom is -0.479 e. The Kier molecular flexibility index (Phi) is 4.87. The van der Waals surface area contributed by atoms with Crippen molar-refractivity contribution >= 4 is 23.3 Å². The van der Waals surface area contributed by atoms with Crippen LogP contribution < -0.4 is 10.5 Å². The zero-order chi connectivity index (χ0) is 13.7. The third-order valence-corrected chi connectivity index (χ3v) is 2.40. The molecule has 7 nitrogen and oxygen atoms in total. The minimum atomic E-state index is -1.17. The molecule has 0 saturated heterocycles. The van der Waals surface area contributed by atoms with Crippen LogP contribution in [-0.2, 0) is 4.79 Å². The number of halogens is 1. The third-order valence-electron chi connectivity index (χ3n) is 2.10. The van der Waals surface area contributed by atoms with E-state index in [0.717, 1.165) is 6.07 Å². The zero-order valence-electron chi connectivity index (χ0n) is 9.21. The van der Waals surface area contributed by atoms with E-state index in [4.69, 9.17) is 27.2 Å². The van der Waals surface area contributed by atoms with Crippen molar-refractivity contribution in [3.63, 3.8) is 0 Å². The first-order valence-corrected chi connectivity index (χ1v) is 5.37. The molecule has 0 saturated carbocycles. The summed E-state index contributed by atoms with van der Waals surface area (Å²) in [5, 5.41) is 19.3. The van der Waals surface area contributed by atoms with Crippen LogP contribution in [0.4, 0.5) is 5.69 Å². The van der Waals surface area contributed by atoms with Gasteiger partial charge in [0.25, 0.3) is 5.69 Å². The molecule has 0 radical (unpaired) electrons. The first-order valence-electron chi connectivity index (χ1n) is 4.99. The maximum absolute atomic E-state index is 10.8. The monoisotopic (exact) mass is 274 g/mol. The maximum atomic E-state index is 10.8. The number of carboxylic acid groups (broad SMARTS) is 1. The molecule has 0 spiro atoms. The van der Waals surface area contributed by atoms with Crippen LogP contribution >= 0.6 is 11.6 Å². The summed E-state index contributed by atoms with van der Waals surface area (Å²) in [6.07, 6.45) is -1.02. The number of carbonyl (C=O) groups is 1. The second-order valence-electron chi connectivity index (χ2n) is 3.39. The summed E-state index contributed by atoms with van der Waals surface area (Å²) < 4.78 is 5.15. The molecule has 0 aromatic heterocycles. The minimum absolute atomic E-state index is 0.0209. The quantitative estimate of drug-likeness (QED) is 0.599. The van der Waals surface area contributed by atoms with E-state index in [-0.39, 0.29) is 29.4 Å². The molecule has 0 amide bonds. The van der Waals surface area contributed by atoms with Gasteiger partial charge in [0.05, 0.1) is 9.95 Å². The number of ether oxygens (including phenoxy) is 1. The number of rotatable bonds is 6. The molecule has 0 aliphatic carbocycles. The van der Waals surface area contributed by atoms with E-state index in [1.54, 1.807) is 0 Å². The molecule has 0 fully saturated rings. The van der Waals surface area contributed by atoms with Crippen molar-refractivity contribution in [3.8, 4) is 5.75 Å². The lowest BCUT2D eigenvalue weighted by Gasteiger charge is -2.14. The fourth-order valence-corrected chi connectivity index (χ4v) is 1.46. The fourth-order valence-electron chi connectivity index (χ4n) is 1.24. The first-order chi connectivity index (χ1) is 8.45. The van der Waals surface area contributed by atoms with Crippen LogP contribution in [0.1, 0.15) is 6.42 Å². The van der Waals surface area contributed by atoms with Crippen LogP contribution in [0.5, 0.6) is 5.75 Å². The van der Waals surface area contributed by atoms with Crippen molar-refractivity contribution in [2.24, 2.45) is 5.73 Å². The van der Waals surface area contributed by atoms with Crippen LogP contribution in [-0.4, -0.2) is 28.6 Å². The van der Waals surface area contributed by atoms with Gasteiger partial charge in [0.2, 0.25) is 0 Å². The van der Waals surface area contributed by atoms with Gasteiger partial charge in [-0.1, -0.05) is 11.6 Å². The molecule has 1 atom stereocenters. The molecule has 1 rings (SSSR count). The van der Waals surface area contributed by atoms with E-state index in [0.29, 0.717) is 0 Å². The Hall–Kier alpha value is -1.86. The molecular formula is C10H11ClN2O5. The van der Waals surface area contributed by atoms with E-state index in [9.17, 15) is 14.9 Å². The average Bonchev–Trinajstić information content (AvgIpc) is 2.30. The van der Waals surface area contributed by atoms with Crippen molar-refractivity contribution in [1.82, 2.24) is 0 Å². The predicted molar refractivity (Wildman–Crippen MR) is 63.8 cm³/mol. The number of nitrogens with two attached hydrogens (primary N) is 1. The first kappa shape index (κ1) is 14.2. The Labute approximate surface area is 107 Å². The average molecular weight is 275 g/mol. The lowest BCUT2D eigenvalue weighted by molar-refractivity contribution is -0.384. The van der Waals surface area contributed by atoms with Crippen molar-refractivity contribution in [2.45, 2.75) is 12.5 Å². The third kappa shape index (κ3) is 3.57. The molecule has 98 valence electrons. The molecule has 0 aliphatic heterocycles. The summed E-state index contributed by atoms with van der Waals surface area (Å²) in [5.74, 6) is -1.10. The number of nitro benzene ring substituents is 1. The van der Waals surface area contributed by atoms with Crippen molar-refractivity contribution in [1.29, 1.82) is 0 Å². The highest BCUT2D eigenvalue weighted by Crippen LogP contribution is 2.29. The van der Waals surface area contributed by atoms with Crippen molar-refractivity contribution < 1.29 is 19.6 Å².